The van der Waals surface area contributed by atoms with Gasteiger partial charge in [-0.2, -0.15) is 26.3 Å². The first-order chi connectivity index (χ1) is 10.0. The summed E-state index contributed by atoms with van der Waals surface area (Å²) in [6, 6.07) is 0. The third kappa shape index (κ3) is 7.02. The molecule has 2 N–H and O–H groups in total. The zero-order chi connectivity index (χ0) is 18.7. The molecule has 1 rings (SSSR count). The minimum absolute atomic E-state index is 0. The number of sulfonamides is 2. The fourth-order valence-corrected chi connectivity index (χ4v) is 2.61. The third-order valence-electron chi connectivity index (χ3n) is 1.97. The van der Waals surface area contributed by atoms with E-state index in [0.717, 1.165) is 10.7 Å². The molecule has 8 nitrogen and oxygen atoms in total. The standard InChI is InChI=1S/C6H11N2.C2F6NO4S2.H2O/c1-3-8-5-4-7(2)6-8;3-1(4,5)14(10,11)9-15(12,13)2(6,7)8;/h4-6H,3H2,1-2H3;;1H2/q+1;-1;. The Morgan fingerprint density at radius 1 is 1.00 bits per heavy atom. The van der Waals surface area contributed by atoms with Gasteiger partial charge in [-0.15, -0.1) is 0 Å². The van der Waals surface area contributed by atoms with Gasteiger partial charge >= 0.3 is 11.0 Å². The van der Waals surface area contributed by atoms with E-state index in [1.807, 2.05) is 17.8 Å². The Hall–Kier alpha value is -1.39. The van der Waals surface area contributed by atoms with E-state index in [9.17, 15) is 43.2 Å². The molecular weight excluding hydrogens is 396 g/mol. The monoisotopic (exact) mass is 409 g/mol. The number of halogens is 6. The van der Waals surface area contributed by atoms with Crippen molar-refractivity contribution in [1.29, 1.82) is 0 Å². The molecule has 0 aromatic carbocycles. The minimum Gasteiger partial charge on any atom is -0.421 e. The predicted molar refractivity (Wildman–Crippen MR) is 68.2 cm³/mol. The second-order valence-corrected chi connectivity index (χ2v) is 7.25. The number of aromatic nitrogens is 2. The molecule has 1 aromatic heterocycles. The summed E-state index contributed by atoms with van der Waals surface area (Å²) in [7, 11) is -11.4. The van der Waals surface area contributed by atoms with Crippen LogP contribution in [0.15, 0.2) is 18.7 Å². The maximum atomic E-state index is 11.4. The Kier molecular flexibility index (Phi) is 8.42. The third-order valence-corrected chi connectivity index (χ3v) is 4.71. The predicted octanol–water partition coefficient (Wildman–Crippen LogP) is 0.567. The van der Waals surface area contributed by atoms with Gasteiger partial charge in [0.2, 0.25) is 6.33 Å². The number of nitrogens with zero attached hydrogens (tertiary/aromatic N) is 3. The van der Waals surface area contributed by atoms with Crippen LogP contribution in [-0.2, 0) is 33.6 Å². The topological polar surface area (TPSA) is 123 Å². The van der Waals surface area contributed by atoms with Crippen LogP contribution < -0.4 is 4.57 Å². The molecule has 0 aliphatic carbocycles. The van der Waals surface area contributed by atoms with Gasteiger partial charge in [0.05, 0.1) is 13.6 Å². The van der Waals surface area contributed by atoms with Crippen molar-refractivity contribution in [3.05, 3.63) is 22.8 Å². The smallest absolute Gasteiger partial charge is 0.421 e. The van der Waals surface area contributed by atoms with E-state index in [-0.39, 0.29) is 5.48 Å². The van der Waals surface area contributed by atoms with Gasteiger partial charge in [-0.3, -0.25) is 0 Å². The Morgan fingerprint density at radius 2 is 1.38 bits per heavy atom. The van der Waals surface area contributed by atoms with Crippen LogP contribution in [0, 0.1) is 0 Å². The zero-order valence-electron chi connectivity index (χ0n) is 12.0. The van der Waals surface area contributed by atoms with Crippen molar-refractivity contribution in [2.45, 2.75) is 24.5 Å². The van der Waals surface area contributed by atoms with E-state index in [1.165, 1.54) is 0 Å². The average molecular weight is 409 g/mol. The lowest BCUT2D eigenvalue weighted by Crippen LogP contribution is -2.30. The summed E-state index contributed by atoms with van der Waals surface area (Å²) in [4.78, 5) is 0. The molecule has 0 unspecified atom stereocenters. The quantitative estimate of drug-likeness (QED) is 0.535. The summed E-state index contributed by atoms with van der Waals surface area (Å²) in [6.07, 6.45) is 6.14. The molecule has 0 spiro atoms. The second-order valence-electron chi connectivity index (χ2n) is 3.83. The molecule has 0 aliphatic heterocycles. The maximum Gasteiger partial charge on any atom is 0.480 e. The number of hydrogen-bond donors (Lipinski definition) is 0. The lowest BCUT2D eigenvalue weighted by atomic mass is 10.7. The molecule has 16 heteroatoms. The van der Waals surface area contributed by atoms with Crippen molar-refractivity contribution in [1.82, 2.24) is 4.57 Å². The molecule has 0 saturated carbocycles. The van der Waals surface area contributed by atoms with Crippen molar-refractivity contribution in [2.24, 2.45) is 7.05 Å². The fraction of sp³-hybridized carbons (Fsp3) is 0.625. The Morgan fingerprint density at radius 3 is 1.54 bits per heavy atom. The fourth-order valence-electron chi connectivity index (χ4n) is 0.902. The summed E-state index contributed by atoms with van der Waals surface area (Å²) in [5.74, 6) is 0. The highest BCUT2D eigenvalue weighted by atomic mass is 32.3. The molecule has 0 amide bonds. The van der Waals surface area contributed by atoms with Crippen molar-refractivity contribution >= 4 is 20.0 Å². The summed E-state index contributed by atoms with van der Waals surface area (Å²) in [5, 5.41) is 0. The molecule has 144 valence electrons. The zero-order valence-corrected chi connectivity index (χ0v) is 13.6. The molecule has 0 fully saturated rings. The molecular formula is C8H13F6N3O5S2. The number of aryl methyl sites for hydroxylation is 2. The SMILES string of the molecule is CCn1cc[n+](C)c1.O.O=S(=O)([N-]S(=O)(=O)C(F)(F)F)C(F)(F)F. The molecule has 0 radical (unpaired) electrons. The van der Waals surface area contributed by atoms with E-state index in [4.69, 9.17) is 0 Å². The molecule has 24 heavy (non-hydrogen) atoms. The lowest BCUT2D eigenvalue weighted by molar-refractivity contribution is -0.671. The van der Waals surface area contributed by atoms with Crippen molar-refractivity contribution in [2.75, 3.05) is 0 Å². The van der Waals surface area contributed by atoms with Crippen molar-refractivity contribution < 1.29 is 53.2 Å². The van der Waals surface area contributed by atoms with Crippen LogP contribution in [0.25, 0.3) is 4.13 Å². The molecule has 1 heterocycles. The van der Waals surface area contributed by atoms with E-state index in [1.54, 1.807) is 0 Å². The summed E-state index contributed by atoms with van der Waals surface area (Å²) < 4.78 is 113. The molecule has 0 atom stereocenters. The van der Waals surface area contributed by atoms with E-state index in [2.05, 4.69) is 24.0 Å². The first-order valence-corrected chi connectivity index (χ1v) is 8.29. The van der Waals surface area contributed by atoms with Crippen LogP contribution in [0.3, 0.4) is 0 Å². The van der Waals surface area contributed by atoms with Crippen LogP contribution in [0.5, 0.6) is 0 Å². The molecule has 0 aliphatic rings. The maximum absolute atomic E-state index is 11.4. The summed E-state index contributed by atoms with van der Waals surface area (Å²) >= 11 is 0. The van der Waals surface area contributed by atoms with Gasteiger partial charge in [0.15, 0.2) is 20.0 Å². The Balaban J connectivity index is 0. The van der Waals surface area contributed by atoms with Crippen LogP contribution in [0.2, 0.25) is 0 Å². The van der Waals surface area contributed by atoms with Crippen LogP contribution in [0.4, 0.5) is 26.3 Å². The average Bonchev–Trinajstić information content (AvgIpc) is 2.71. The highest BCUT2D eigenvalue weighted by Gasteiger charge is 2.46. The van der Waals surface area contributed by atoms with Gasteiger partial charge in [0, 0.05) is 0 Å². The van der Waals surface area contributed by atoms with Crippen LogP contribution in [-0.4, -0.2) is 37.9 Å². The summed E-state index contributed by atoms with van der Waals surface area (Å²) in [6.45, 7) is 3.18. The molecule has 1 aromatic rings. The summed E-state index contributed by atoms with van der Waals surface area (Å²) in [5.41, 5.74) is -12.4. The van der Waals surface area contributed by atoms with Gasteiger partial charge in [0.1, 0.15) is 12.4 Å². The van der Waals surface area contributed by atoms with Crippen LogP contribution >= 0.6 is 0 Å². The first-order valence-electron chi connectivity index (χ1n) is 5.41. The molecule has 0 saturated heterocycles. The second kappa shape index (κ2) is 8.13. The van der Waals surface area contributed by atoms with Gasteiger partial charge in [-0.25, -0.2) is 26.0 Å². The van der Waals surface area contributed by atoms with Gasteiger partial charge < -0.3 is 9.60 Å². The first kappa shape index (κ1) is 24.9. The van der Waals surface area contributed by atoms with E-state index < -0.39 is 31.1 Å². The van der Waals surface area contributed by atoms with Crippen molar-refractivity contribution in [3.63, 3.8) is 0 Å². The largest absolute Gasteiger partial charge is 0.480 e. The van der Waals surface area contributed by atoms with E-state index >= 15 is 0 Å². The number of hydrogen-bond acceptors (Lipinski definition) is 4. The number of alkyl halides is 6. The van der Waals surface area contributed by atoms with Gasteiger partial charge in [-0.05, 0) is 6.92 Å². The lowest BCUT2D eigenvalue weighted by Gasteiger charge is -2.22. The van der Waals surface area contributed by atoms with Gasteiger partial charge in [-0.1, -0.05) is 0 Å². The minimum atomic E-state index is -6.72. The Labute approximate surface area is 133 Å². The van der Waals surface area contributed by atoms with Crippen molar-refractivity contribution in [3.8, 4) is 0 Å². The number of imidazole rings is 1. The Bertz CT molecular complexity index is 680. The van der Waals surface area contributed by atoms with Gasteiger partial charge in [0.25, 0.3) is 0 Å². The highest BCUT2D eigenvalue weighted by molar-refractivity contribution is 8.13. The normalized spacial score (nSPS) is 12.8. The molecule has 0 bridgehead atoms. The van der Waals surface area contributed by atoms with E-state index in [0.29, 0.717) is 0 Å². The highest BCUT2D eigenvalue weighted by Crippen LogP contribution is 2.36. The number of rotatable bonds is 3. The van der Waals surface area contributed by atoms with Crippen LogP contribution in [0.1, 0.15) is 6.92 Å².